The van der Waals surface area contributed by atoms with Crippen molar-refractivity contribution in [3.8, 4) is 22.6 Å². The molecule has 2 aromatic carbocycles. The van der Waals surface area contributed by atoms with Gasteiger partial charge in [-0.1, -0.05) is 49.3 Å². The van der Waals surface area contributed by atoms with E-state index < -0.39 is 11.8 Å². The lowest BCUT2D eigenvalue weighted by molar-refractivity contribution is -0.152. The SMILES string of the molecule is C/C=C/c1ccc2c(c1)-c1cc(/C=C/C)ccc1OC(=O)[C@H]1CCCC[C@@H]1C(=O)O2. The molecule has 1 fully saturated rings. The van der Waals surface area contributed by atoms with Gasteiger partial charge in [0.05, 0.1) is 11.8 Å². The van der Waals surface area contributed by atoms with Crippen molar-refractivity contribution in [2.24, 2.45) is 11.8 Å². The number of fused-ring (bicyclic) bond motifs is 4. The van der Waals surface area contributed by atoms with E-state index in [1.165, 1.54) is 0 Å². The Kier molecular flexibility index (Phi) is 5.84. The molecule has 1 saturated carbocycles. The van der Waals surface area contributed by atoms with E-state index in [1.54, 1.807) is 0 Å². The number of hydrogen-bond donors (Lipinski definition) is 0. The van der Waals surface area contributed by atoms with Crippen LogP contribution in [0.15, 0.2) is 48.6 Å². The molecule has 1 aliphatic carbocycles. The average molecular weight is 402 g/mol. The summed E-state index contributed by atoms with van der Waals surface area (Å²) in [6.07, 6.45) is 11.0. The normalized spacial score (nSPS) is 21.5. The monoisotopic (exact) mass is 402 g/mol. The van der Waals surface area contributed by atoms with E-state index in [1.807, 2.05) is 74.5 Å². The third-order valence-corrected chi connectivity index (χ3v) is 5.81. The van der Waals surface area contributed by atoms with Crippen molar-refractivity contribution in [3.63, 3.8) is 0 Å². The first-order chi connectivity index (χ1) is 14.6. The number of allylic oxidation sites excluding steroid dienone is 2. The van der Waals surface area contributed by atoms with E-state index in [2.05, 4.69) is 0 Å². The number of rotatable bonds is 2. The molecule has 0 spiro atoms. The molecular formula is C26H26O4. The highest BCUT2D eigenvalue weighted by Crippen LogP contribution is 2.42. The maximum atomic E-state index is 13.0. The van der Waals surface area contributed by atoms with Gasteiger partial charge in [0.2, 0.25) is 0 Å². The van der Waals surface area contributed by atoms with Crippen molar-refractivity contribution in [1.29, 1.82) is 0 Å². The minimum Gasteiger partial charge on any atom is -0.426 e. The van der Waals surface area contributed by atoms with Gasteiger partial charge in [-0.25, -0.2) is 0 Å². The van der Waals surface area contributed by atoms with Crippen molar-refractivity contribution >= 4 is 24.1 Å². The van der Waals surface area contributed by atoms with Crippen molar-refractivity contribution in [1.82, 2.24) is 0 Å². The van der Waals surface area contributed by atoms with Gasteiger partial charge in [-0.3, -0.25) is 9.59 Å². The van der Waals surface area contributed by atoms with Gasteiger partial charge in [-0.05, 0) is 62.1 Å². The standard InChI is InChI=1S/C26H26O4/c1-3-7-17-11-13-23-21(15-17)22-16-18(8-4-2)12-14-24(22)30-26(28)20-10-6-5-9-19(20)25(27)29-23/h3-4,7-8,11-16,19-20H,5-6,9-10H2,1-2H3/b7-3+,8-4+/t19-,20-/m0/s1. The average Bonchev–Trinajstić information content (AvgIpc) is 2.75. The van der Waals surface area contributed by atoms with Crippen molar-refractivity contribution < 1.29 is 19.1 Å². The van der Waals surface area contributed by atoms with Crippen LogP contribution in [0.1, 0.15) is 50.7 Å². The molecule has 0 saturated heterocycles. The molecule has 1 aliphatic heterocycles. The fourth-order valence-corrected chi connectivity index (χ4v) is 4.35. The van der Waals surface area contributed by atoms with E-state index in [9.17, 15) is 9.59 Å². The highest BCUT2D eigenvalue weighted by Gasteiger charge is 2.39. The van der Waals surface area contributed by atoms with Gasteiger partial charge in [0, 0.05) is 11.1 Å². The molecule has 1 heterocycles. The predicted molar refractivity (Wildman–Crippen MR) is 118 cm³/mol. The molecule has 2 aliphatic rings. The zero-order chi connectivity index (χ0) is 21.1. The fraction of sp³-hybridized carbons (Fsp3) is 0.308. The lowest BCUT2D eigenvalue weighted by Crippen LogP contribution is -2.37. The van der Waals surface area contributed by atoms with Gasteiger partial charge in [0.25, 0.3) is 0 Å². The van der Waals surface area contributed by atoms with Crippen LogP contribution in [0.5, 0.6) is 11.5 Å². The second-order valence-electron chi connectivity index (χ2n) is 7.85. The summed E-state index contributed by atoms with van der Waals surface area (Å²) in [4.78, 5) is 26.0. The molecule has 0 radical (unpaired) electrons. The number of carbonyl (C=O) groups excluding carboxylic acids is 2. The molecule has 154 valence electrons. The van der Waals surface area contributed by atoms with Crippen LogP contribution in [0.3, 0.4) is 0 Å². The third kappa shape index (κ3) is 3.95. The van der Waals surface area contributed by atoms with E-state index in [0.29, 0.717) is 24.3 Å². The molecule has 0 amide bonds. The highest BCUT2D eigenvalue weighted by atomic mass is 16.5. The quantitative estimate of drug-likeness (QED) is 0.453. The first-order valence-corrected chi connectivity index (χ1v) is 10.6. The third-order valence-electron chi connectivity index (χ3n) is 5.81. The van der Waals surface area contributed by atoms with E-state index in [4.69, 9.17) is 9.47 Å². The van der Waals surface area contributed by atoms with Crippen LogP contribution in [0, 0.1) is 11.8 Å². The Balaban J connectivity index is 1.91. The maximum Gasteiger partial charge on any atom is 0.315 e. The Morgan fingerprint density at radius 1 is 0.733 bits per heavy atom. The minimum absolute atomic E-state index is 0.343. The molecule has 2 atom stereocenters. The Labute approximate surface area is 177 Å². The van der Waals surface area contributed by atoms with Crippen LogP contribution in [0.25, 0.3) is 23.3 Å². The smallest absolute Gasteiger partial charge is 0.315 e. The molecular weight excluding hydrogens is 376 g/mol. The van der Waals surface area contributed by atoms with E-state index in [-0.39, 0.29) is 11.9 Å². The van der Waals surface area contributed by atoms with Gasteiger partial charge >= 0.3 is 11.9 Å². The maximum absolute atomic E-state index is 13.0. The first-order valence-electron chi connectivity index (χ1n) is 10.6. The van der Waals surface area contributed by atoms with Crippen molar-refractivity contribution in [2.45, 2.75) is 39.5 Å². The molecule has 4 nitrogen and oxygen atoms in total. The lowest BCUT2D eigenvalue weighted by Gasteiger charge is -2.30. The van der Waals surface area contributed by atoms with Crippen LogP contribution < -0.4 is 9.47 Å². The Hall–Kier alpha value is -3.14. The zero-order valence-corrected chi connectivity index (χ0v) is 17.4. The summed E-state index contributed by atoms with van der Waals surface area (Å²) < 4.78 is 11.8. The summed E-state index contributed by atoms with van der Waals surface area (Å²) in [7, 11) is 0. The second-order valence-corrected chi connectivity index (χ2v) is 7.85. The van der Waals surface area contributed by atoms with Crippen LogP contribution in [-0.2, 0) is 9.59 Å². The second kappa shape index (κ2) is 8.70. The molecule has 0 bridgehead atoms. The molecule has 0 N–H and O–H groups in total. The summed E-state index contributed by atoms with van der Waals surface area (Å²) in [5, 5.41) is 0. The van der Waals surface area contributed by atoms with Gasteiger partial charge < -0.3 is 9.47 Å². The summed E-state index contributed by atoms with van der Waals surface area (Å²) in [5.74, 6) is -0.616. The molecule has 30 heavy (non-hydrogen) atoms. The van der Waals surface area contributed by atoms with Crippen LogP contribution in [0.4, 0.5) is 0 Å². The lowest BCUT2D eigenvalue weighted by atomic mass is 9.79. The first kappa shape index (κ1) is 20.1. The molecule has 0 aromatic heterocycles. The number of benzene rings is 2. The number of esters is 2. The topological polar surface area (TPSA) is 52.6 Å². The highest BCUT2D eigenvalue weighted by molar-refractivity contribution is 5.90. The Morgan fingerprint density at radius 3 is 1.57 bits per heavy atom. The fourth-order valence-electron chi connectivity index (χ4n) is 4.35. The van der Waals surface area contributed by atoms with Crippen LogP contribution in [-0.4, -0.2) is 11.9 Å². The van der Waals surface area contributed by atoms with Crippen molar-refractivity contribution in [2.75, 3.05) is 0 Å². The summed E-state index contributed by atoms with van der Waals surface area (Å²) in [6.45, 7) is 3.91. The van der Waals surface area contributed by atoms with Gasteiger partial charge in [-0.15, -0.1) is 0 Å². The number of hydrogen-bond acceptors (Lipinski definition) is 4. The predicted octanol–water partition coefficient (Wildman–Crippen LogP) is 6.05. The van der Waals surface area contributed by atoms with E-state index >= 15 is 0 Å². The van der Waals surface area contributed by atoms with Crippen LogP contribution in [0.2, 0.25) is 0 Å². The van der Waals surface area contributed by atoms with E-state index in [0.717, 1.165) is 35.1 Å². The van der Waals surface area contributed by atoms with Gasteiger partial charge in [0.15, 0.2) is 0 Å². The summed E-state index contributed by atoms with van der Waals surface area (Å²) in [5.41, 5.74) is 3.44. The Bertz CT molecular complexity index is 948. The zero-order valence-electron chi connectivity index (χ0n) is 17.4. The largest absolute Gasteiger partial charge is 0.426 e. The Morgan fingerprint density at radius 2 is 1.17 bits per heavy atom. The van der Waals surface area contributed by atoms with Gasteiger partial charge in [0.1, 0.15) is 11.5 Å². The molecule has 2 aromatic rings. The van der Waals surface area contributed by atoms with Crippen LogP contribution >= 0.6 is 0 Å². The number of ether oxygens (including phenoxy) is 2. The summed E-state index contributed by atoms with van der Waals surface area (Å²) in [6, 6.07) is 11.4. The molecule has 4 rings (SSSR count). The van der Waals surface area contributed by atoms with Gasteiger partial charge in [-0.2, -0.15) is 0 Å². The minimum atomic E-state index is -0.460. The summed E-state index contributed by atoms with van der Waals surface area (Å²) >= 11 is 0. The number of carbonyl (C=O) groups is 2. The van der Waals surface area contributed by atoms with Crippen molar-refractivity contribution in [3.05, 3.63) is 59.7 Å². The molecule has 0 unspecified atom stereocenters. The molecule has 4 heteroatoms.